The SMILES string of the molecule is CC1(C)Oc2ccc(CCCN)cc2OC1(C)C. The molecule has 0 saturated carbocycles. The van der Waals surface area contributed by atoms with Crippen LogP contribution in [-0.2, 0) is 6.42 Å². The van der Waals surface area contributed by atoms with Gasteiger partial charge in [0.05, 0.1) is 0 Å². The van der Waals surface area contributed by atoms with Crippen LogP contribution in [0.3, 0.4) is 0 Å². The number of fused-ring (bicyclic) bond motifs is 1. The Hall–Kier alpha value is -1.22. The summed E-state index contributed by atoms with van der Waals surface area (Å²) in [6.45, 7) is 8.94. The molecule has 0 bridgehead atoms. The summed E-state index contributed by atoms with van der Waals surface area (Å²) in [5.41, 5.74) is 6.11. The quantitative estimate of drug-likeness (QED) is 0.895. The maximum atomic E-state index is 6.10. The molecule has 3 heteroatoms. The third-order valence-electron chi connectivity index (χ3n) is 3.86. The number of rotatable bonds is 3. The summed E-state index contributed by atoms with van der Waals surface area (Å²) in [4.78, 5) is 0. The molecular formula is C15H23NO2. The van der Waals surface area contributed by atoms with Crippen molar-refractivity contribution in [3.8, 4) is 11.5 Å². The van der Waals surface area contributed by atoms with Crippen molar-refractivity contribution in [2.45, 2.75) is 51.7 Å². The number of hydrogen-bond donors (Lipinski definition) is 1. The zero-order valence-corrected chi connectivity index (χ0v) is 11.7. The summed E-state index contributed by atoms with van der Waals surface area (Å²) in [6, 6.07) is 6.16. The van der Waals surface area contributed by atoms with Crippen LogP contribution >= 0.6 is 0 Å². The molecule has 0 radical (unpaired) electrons. The molecule has 100 valence electrons. The van der Waals surface area contributed by atoms with Crippen LogP contribution in [0.25, 0.3) is 0 Å². The number of aryl methyl sites for hydroxylation is 1. The van der Waals surface area contributed by atoms with Gasteiger partial charge in [0.15, 0.2) is 11.5 Å². The normalized spacial score (nSPS) is 19.6. The van der Waals surface area contributed by atoms with Gasteiger partial charge in [0.2, 0.25) is 0 Å². The molecule has 2 N–H and O–H groups in total. The van der Waals surface area contributed by atoms with Crippen molar-refractivity contribution in [1.29, 1.82) is 0 Å². The predicted octanol–water partition coefficient (Wildman–Crippen LogP) is 2.91. The summed E-state index contributed by atoms with van der Waals surface area (Å²) in [5.74, 6) is 1.67. The molecule has 3 nitrogen and oxygen atoms in total. The Morgan fingerprint density at radius 1 is 1.00 bits per heavy atom. The van der Waals surface area contributed by atoms with Gasteiger partial charge in [-0.25, -0.2) is 0 Å². The van der Waals surface area contributed by atoms with Crippen LogP contribution in [0, 0.1) is 0 Å². The van der Waals surface area contributed by atoms with Crippen molar-refractivity contribution in [3.05, 3.63) is 23.8 Å². The summed E-state index contributed by atoms with van der Waals surface area (Å²) in [6.07, 6.45) is 1.98. The van der Waals surface area contributed by atoms with Crippen LogP contribution in [0.2, 0.25) is 0 Å². The molecule has 1 aromatic rings. The standard InChI is InChI=1S/C15H23NO2/c1-14(2)15(3,4)18-13-10-11(6-5-9-16)7-8-12(13)17-14/h7-8,10H,5-6,9,16H2,1-4H3. The number of nitrogens with two attached hydrogens (primary N) is 1. The highest BCUT2D eigenvalue weighted by atomic mass is 16.6. The largest absolute Gasteiger partial charge is 0.480 e. The molecule has 18 heavy (non-hydrogen) atoms. The molecule has 0 amide bonds. The number of ether oxygens (including phenoxy) is 2. The fourth-order valence-electron chi connectivity index (χ4n) is 1.97. The maximum Gasteiger partial charge on any atom is 0.162 e. The van der Waals surface area contributed by atoms with E-state index < -0.39 is 0 Å². The van der Waals surface area contributed by atoms with E-state index in [1.807, 2.05) is 6.07 Å². The van der Waals surface area contributed by atoms with Crippen LogP contribution in [0.1, 0.15) is 39.7 Å². The molecule has 1 aromatic carbocycles. The van der Waals surface area contributed by atoms with Crippen LogP contribution < -0.4 is 15.2 Å². The van der Waals surface area contributed by atoms with Crippen molar-refractivity contribution >= 4 is 0 Å². The summed E-state index contributed by atoms with van der Waals surface area (Å²) in [7, 11) is 0. The second-order valence-electron chi connectivity index (χ2n) is 5.90. The Kier molecular flexibility index (Phi) is 3.28. The van der Waals surface area contributed by atoms with Crippen molar-refractivity contribution in [1.82, 2.24) is 0 Å². The van der Waals surface area contributed by atoms with Crippen LogP contribution in [-0.4, -0.2) is 17.7 Å². The van der Waals surface area contributed by atoms with Crippen LogP contribution in [0.5, 0.6) is 11.5 Å². The van der Waals surface area contributed by atoms with E-state index in [1.165, 1.54) is 5.56 Å². The predicted molar refractivity (Wildman–Crippen MR) is 73.2 cm³/mol. The molecule has 0 fully saturated rings. The first-order valence-electron chi connectivity index (χ1n) is 6.57. The van der Waals surface area contributed by atoms with Gasteiger partial charge in [-0.3, -0.25) is 0 Å². The van der Waals surface area contributed by atoms with Gasteiger partial charge in [0, 0.05) is 0 Å². The van der Waals surface area contributed by atoms with E-state index in [4.69, 9.17) is 15.2 Å². The van der Waals surface area contributed by atoms with Crippen molar-refractivity contribution in [3.63, 3.8) is 0 Å². The lowest BCUT2D eigenvalue weighted by Gasteiger charge is -2.45. The van der Waals surface area contributed by atoms with E-state index in [0.29, 0.717) is 6.54 Å². The Morgan fingerprint density at radius 3 is 2.22 bits per heavy atom. The minimum absolute atomic E-state index is 0.335. The van der Waals surface area contributed by atoms with Gasteiger partial charge in [0.1, 0.15) is 11.2 Å². The molecule has 0 spiro atoms. The Bertz CT molecular complexity index is 438. The zero-order valence-electron chi connectivity index (χ0n) is 11.7. The first kappa shape index (κ1) is 13.2. The average molecular weight is 249 g/mol. The van der Waals surface area contributed by atoms with Gasteiger partial charge in [-0.2, -0.15) is 0 Å². The Labute approximate surface area is 109 Å². The molecule has 0 atom stereocenters. The average Bonchev–Trinajstić information content (AvgIpc) is 2.27. The highest BCUT2D eigenvalue weighted by molar-refractivity contribution is 5.45. The fourth-order valence-corrected chi connectivity index (χ4v) is 1.97. The minimum Gasteiger partial charge on any atom is -0.480 e. The second kappa shape index (κ2) is 4.47. The van der Waals surface area contributed by atoms with Crippen LogP contribution in [0.15, 0.2) is 18.2 Å². The number of hydrogen-bond acceptors (Lipinski definition) is 3. The smallest absolute Gasteiger partial charge is 0.162 e. The summed E-state index contributed by atoms with van der Waals surface area (Å²) >= 11 is 0. The second-order valence-corrected chi connectivity index (χ2v) is 5.90. The topological polar surface area (TPSA) is 44.5 Å². The van der Waals surface area contributed by atoms with Gasteiger partial charge in [-0.1, -0.05) is 6.07 Å². The van der Waals surface area contributed by atoms with Gasteiger partial charge in [-0.15, -0.1) is 0 Å². The number of benzene rings is 1. The molecule has 0 saturated heterocycles. The van der Waals surface area contributed by atoms with Crippen molar-refractivity contribution in [2.24, 2.45) is 5.73 Å². The lowest BCUT2D eigenvalue weighted by Crippen LogP contribution is -2.56. The lowest BCUT2D eigenvalue weighted by atomic mass is 9.87. The fraction of sp³-hybridized carbons (Fsp3) is 0.600. The van der Waals surface area contributed by atoms with Gasteiger partial charge < -0.3 is 15.2 Å². The molecule has 2 rings (SSSR count). The first-order chi connectivity index (χ1) is 8.36. The highest BCUT2D eigenvalue weighted by Crippen LogP contribution is 2.43. The molecule has 1 aliphatic rings. The Balaban J connectivity index is 2.27. The monoisotopic (exact) mass is 249 g/mol. The molecule has 0 aromatic heterocycles. The van der Waals surface area contributed by atoms with Crippen molar-refractivity contribution < 1.29 is 9.47 Å². The van der Waals surface area contributed by atoms with Gasteiger partial charge >= 0.3 is 0 Å². The van der Waals surface area contributed by atoms with Gasteiger partial charge in [0.25, 0.3) is 0 Å². The van der Waals surface area contributed by atoms with E-state index in [-0.39, 0.29) is 11.2 Å². The van der Waals surface area contributed by atoms with E-state index in [2.05, 4.69) is 39.8 Å². The summed E-state index contributed by atoms with van der Waals surface area (Å²) < 4.78 is 12.1. The summed E-state index contributed by atoms with van der Waals surface area (Å²) in [5, 5.41) is 0. The van der Waals surface area contributed by atoms with E-state index in [9.17, 15) is 0 Å². The Morgan fingerprint density at radius 2 is 1.61 bits per heavy atom. The molecule has 1 heterocycles. The minimum atomic E-state index is -0.341. The van der Waals surface area contributed by atoms with E-state index in [1.54, 1.807) is 0 Å². The molecule has 1 aliphatic heterocycles. The van der Waals surface area contributed by atoms with E-state index >= 15 is 0 Å². The highest BCUT2D eigenvalue weighted by Gasteiger charge is 2.45. The maximum absolute atomic E-state index is 6.10. The van der Waals surface area contributed by atoms with Crippen LogP contribution in [0.4, 0.5) is 0 Å². The van der Waals surface area contributed by atoms with E-state index in [0.717, 1.165) is 24.3 Å². The third kappa shape index (κ3) is 2.32. The van der Waals surface area contributed by atoms with Crippen molar-refractivity contribution in [2.75, 3.05) is 6.54 Å². The first-order valence-corrected chi connectivity index (χ1v) is 6.57. The third-order valence-corrected chi connectivity index (χ3v) is 3.86. The molecule has 0 unspecified atom stereocenters. The molecule has 0 aliphatic carbocycles. The van der Waals surface area contributed by atoms with Gasteiger partial charge in [-0.05, 0) is 64.8 Å². The zero-order chi connectivity index (χ0) is 13.4. The lowest BCUT2D eigenvalue weighted by molar-refractivity contribution is -0.0991. The molecular weight excluding hydrogens is 226 g/mol.